The van der Waals surface area contributed by atoms with E-state index < -0.39 is 66.8 Å². The van der Waals surface area contributed by atoms with Gasteiger partial charge in [0.15, 0.2) is 11.5 Å². The molecule has 0 radical (unpaired) electrons. The van der Waals surface area contributed by atoms with Crippen molar-refractivity contribution >= 4 is 39.5 Å². The third-order valence-electron chi connectivity index (χ3n) is 3.48. The van der Waals surface area contributed by atoms with E-state index in [0.29, 0.717) is 0 Å². The van der Waals surface area contributed by atoms with Crippen LogP contribution in [0.2, 0.25) is 0 Å². The van der Waals surface area contributed by atoms with E-state index in [-0.39, 0.29) is 37.6 Å². The molecule has 0 N–H and O–H groups in total. The molecule has 0 saturated carbocycles. The Labute approximate surface area is 188 Å². The van der Waals surface area contributed by atoms with Gasteiger partial charge >= 0.3 is 12.2 Å². The van der Waals surface area contributed by atoms with Crippen molar-refractivity contribution in [2.45, 2.75) is 51.7 Å². The van der Waals surface area contributed by atoms with Crippen LogP contribution in [0.25, 0.3) is 0 Å². The van der Waals surface area contributed by atoms with Crippen LogP contribution in [0.4, 0.5) is 17.6 Å². The Morgan fingerprint density at radius 2 is 1.06 bits per heavy atom. The molecular weight excluding hydrogens is 515 g/mol. The Balaban J connectivity index is 4.73. The molecule has 0 fully saturated rings. The molecule has 0 aromatic rings. The summed E-state index contributed by atoms with van der Waals surface area (Å²) in [5, 5.41) is 0. The first kappa shape index (κ1) is 30.4. The van der Waals surface area contributed by atoms with E-state index in [0.717, 1.165) is 0 Å². The summed E-state index contributed by atoms with van der Waals surface area (Å²) >= 11 is 0. The molecule has 31 heavy (non-hydrogen) atoms. The highest BCUT2D eigenvalue weighted by Crippen LogP contribution is 2.26. The van der Waals surface area contributed by atoms with Crippen LogP contribution in [0.1, 0.15) is 39.5 Å². The lowest BCUT2D eigenvalue weighted by molar-refractivity contribution is 0.0422. The standard InChI is InChI=1S/C16H24Cl2F4O7S2/c1-11(27-5-3-7-30(17,23)24)9-13(15(19)20)29-14(16(21)22)10-12(2)28-6-4-8-31(18,25)26/h11-12H,3-10H2,1-2H3. The van der Waals surface area contributed by atoms with Crippen LogP contribution in [0.15, 0.2) is 23.7 Å². The van der Waals surface area contributed by atoms with Gasteiger partial charge < -0.3 is 14.2 Å². The quantitative estimate of drug-likeness (QED) is 0.121. The van der Waals surface area contributed by atoms with Crippen molar-refractivity contribution in [2.24, 2.45) is 0 Å². The van der Waals surface area contributed by atoms with Crippen molar-refractivity contribution < 1.29 is 48.6 Å². The molecule has 0 amide bonds. The molecule has 0 aliphatic rings. The third-order valence-corrected chi connectivity index (χ3v) is 5.96. The van der Waals surface area contributed by atoms with Gasteiger partial charge in [-0.1, -0.05) is 0 Å². The molecule has 0 saturated heterocycles. The van der Waals surface area contributed by atoms with E-state index in [1.807, 2.05) is 0 Å². The first-order valence-electron chi connectivity index (χ1n) is 8.94. The zero-order valence-corrected chi connectivity index (χ0v) is 19.9. The normalized spacial score (nSPS) is 14.1. The predicted molar refractivity (Wildman–Crippen MR) is 108 cm³/mol. The SMILES string of the molecule is CC(CC(OC(CC(C)OCCCS(=O)(=O)Cl)=C(F)F)=C(F)F)OCCCS(=O)(=O)Cl. The number of ether oxygens (including phenoxy) is 3. The molecule has 0 bridgehead atoms. The Morgan fingerprint density at radius 1 is 0.742 bits per heavy atom. The van der Waals surface area contributed by atoms with E-state index in [1.165, 1.54) is 13.8 Å². The number of hydrogen-bond acceptors (Lipinski definition) is 7. The molecule has 0 heterocycles. The van der Waals surface area contributed by atoms with Crippen LogP contribution in [0, 0.1) is 0 Å². The zero-order valence-electron chi connectivity index (χ0n) is 16.8. The summed E-state index contributed by atoms with van der Waals surface area (Å²) in [5.41, 5.74) is 0. The van der Waals surface area contributed by atoms with Crippen molar-refractivity contribution in [1.82, 2.24) is 0 Å². The lowest BCUT2D eigenvalue weighted by Crippen LogP contribution is -2.16. The molecule has 7 nitrogen and oxygen atoms in total. The predicted octanol–water partition coefficient (Wildman–Crippen LogP) is 4.73. The van der Waals surface area contributed by atoms with Gasteiger partial charge in [-0.05, 0) is 26.7 Å². The molecule has 15 heteroatoms. The van der Waals surface area contributed by atoms with E-state index in [9.17, 15) is 34.4 Å². The average molecular weight is 539 g/mol. The van der Waals surface area contributed by atoms with Gasteiger partial charge in [0, 0.05) is 47.4 Å². The average Bonchev–Trinajstić information content (AvgIpc) is 2.59. The van der Waals surface area contributed by atoms with Crippen LogP contribution in [-0.4, -0.2) is 53.8 Å². The van der Waals surface area contributed by atoms with Crippen LogP contribution in [0.3, 0.4) is 0 Å². The molecule has 2 unspecified atom stereocenters. The van der Waals surface area contributed by atoms with E-state index in [4.69, 9.17) is 35.6 Å². The van der Waals surface area contributed by atoms with E-state index in [1.54, 1.807) is 0 Å². The van der Waals surface area contributed by atoms with Crippen molar-refractivity contribution in [3.05, 3.63) is 23.7 Å². The van der Waals surface area contributed by atoms with Gasteiger partial charge in [-0.3, -0.25) is 0 Å². The minimum Gasteiger partial charge on any atom is -0.455 e. The fourth-order valence-electron chi connectivity index (χ4n) is 2.14. The Hall–Kier alpha value is -0.600. The van der Waals surface area contributed by atoms with Gasteiger partial charge in [0.2, 0.25) is 18.1 Å². The van der Waals surface area contributed by atoms with Crippen molar-refractivity contribution in [1.29, 1.82) is 0 Å². The highest BCUT2D eigenvalue weighted by atomic mass is 35.7. The fraction of sp³-hybridized carbons (Fsp3) is 0.750. The van der Waals surface area contributed by atoms with Gasteiger partial charge in [0.1, 0.15) is 0 Å². The van der Waals surface area contributed by atoms with E-state index in [2.05, 4.69) is 0 Å². The molecule has 2 atom stereocenters. The second-order valence-electron chi connectivity index (χ2n) is 6.43. The molecule has 0 aromatic heterocycles. The minimum absolute atomic E-state index is 0.0261. The van der Waals surface area contributed by atoms with Crippen molar-refractivity contribution in [3.63, 3.8) is 0 Å². The lowest BCUT2D eigenvalue weighted by atomic mass is 10.2. The Bertz CT molecular complexity index is 757. The molecule has 184 valence electrons. The van der Waals surface area contributed by atoms with Gasteiger partial charge in [-0.25, -0.2) is 16.8 Å². The fourth-order valence-corrected chi connectivity index (χ4v) is 3.72. The summed E-state index contributed by atoms with van der Waals surface area (Å²) in [5.74, 6) is -2.79. The molecule has 0 aliphatic heterocycles. The first-order chi connectivity index (χ1) is 14.1. The Kier molecular flexibility index (Phi) is 14.2. The van der Waals surface area contributed by atoms with Crippen LogP contribution in [-0.2, 0) is 32.3 Å². The summed E-state index contributed by atoms with van der Waals surface area (Å²) in [6, 6.07) is 0. The van der Waals surface area contributed by atoms with E-state index >= 15 is 0 Å². The second-order valence-corrected chi connectivity index (χ2v) is 12.2. The number of hydrogen-bond donors (Lipinski definition) is 0. The monoisotopic (exact) mass is 538 g/mol. The summed E-state index contributed by atoms with van der Waals surface area (Å²) in [6.45, 7) is 2.56. The molecule has 0 aromatic carbocycles. The molecule has 0 rings (SSSR count). The summed E-state index contributed by atoms with van der Waals surface area (Å²) in [7, 11) is 2.65. The maximum atomic E-state index is 13.2. The highest BCUT2D eigenvalue weighted by Gasteiger charge is 2.21. The summed E-state index contributed by atoms with van der Waals surface area (Å²) in [4.78, 5) is 0. The molecule has 0 aliphatic carbocycles. The van der Waals surface area contributed by atoms with Crippen LogP contribution < -0.4 is 0 Å². The minimum atomic E-state index is -3.71. The number of halogens is 6. The lowest BCUT2D eigenvalue weighted by Gasteiger charge is -2.18. The second kappa shape index (κ2) is 14.5. The summed E-state index contributed by atoms with van der Waals surface area (Å²) in [6.07, 6.45) is -7.45. The smallest absolute Gasteiger partial charge is 0.308 e. The largest absolute Gasteiger partial charge is 0.455 e. The third kappa shape index (κ3) is 17.6. The molecule has 0 spiro atoms. The number of rotatable bonds is 16. The van der Waals surface area contributed by atoms with Gasteiger partial charge in [0.25, 0.3) is 0 Å². The molecular formula is C16H24Cl2F4O7S2. The zero-order chi connectivity index (χ0) is 24.2. The van der Waals surface area contributed by atoms with Gasteiger partial charge in [0.05, 0.1) is 23.7 Å². The maximum Gasteiger partial charge on any atom is 0.308 e. The first-order valence-corrected chi connectivity index (χ1v) is 13.9. The van der Waals surface area contributed by atoms with Gasteiger partial charge in [-0.15, -0.1) is 0 Å². The van der Waals surface area contributed by atoms with Gasteiger partial charge in [-0.2, -0.15) is 17.6 Å². The highest BCUT2D eigenvalue weighted by molar-refractivity contribution is 8.14. The van der Waals surface area contributed by atoms with Crippen LogP contribution >= 0.6 is 21.4 Å². The maximum absolute atomic E-state index is 13.2. The Morgan fingerprint density at radius 3 is 1.32 bits per heavy atom. The van der Waals surface area contributed by atoms with Crippen molar-refractivity contribution in [3.8, 4) is 0 Å². The van der Waals surface area contributed by atoms with Crippen LogP contribution in [0.5, 0.6) is 0 Å². The summed E-state index contributed by atoms with van der Waals surface area (Å²) < 4.78 is 111. The van der Waals surface area contributed by atoms with Crippen molar-refractivity contribution in [2.75, 3.05) is 24.7 Å². The topological polar surface area (TPSA) is 96.0 Å².